The van der Waals surface area contributed by atoms with Gasteiger partial charge in [0.2, 0.25) is 0 Å². The number of ether oxygens (including phenoxy) is 1. The van der Waals surface area contributed by atoms with Crippen molar-refractivity contribution in [3.63, 3.8) is 0 Å². The Morgan fingerprint density at radius 3 is 3.00 bits per heavy atom. The normalized spacial score (nSPS) is 9.33. The van der Waals surface area contributed by atoms with Crippen LogP contribution < -0.4 is 0 Å². The van der Waals surface area contributed by atoms with Crippen LogP contribution in [-0.2, 0) is 11.3 Å². The zero-order chi connectivity index (χ0) is 8.81. The maximum Gasteiger partial charge on any atom is 0.134 e. The zero-order valence-corrected chi connectivity index (χ0v) is 8.04. The molecule has 0 bridgehead atoms. The third-order valence-electron chi connectivity index (χ3n) is 1.32. The van der Waals surface area contributed by atoms with Gasteiger partial charge < -0.3 is 4.74 Å². The summed E-state index contributed by atoms with van der Waals surface area (Å²) in [6.07, 6.45) is 0. The van der Waals surface area contributed by atoms with Gasteiger partial charge in [0.15, 0.2) is 0 Å². The van der Waals surface area contributed by atoms with Crippen molar-refractivity contribution in [1.29, 1.82) is 5.26 Å². The average Bonchev–Trinajstić information content (AvgIpc) is 2.05. The SMILES string of the molecule is N#CCOCc1cccc(Br)c1. The van der Waals surface area contributed by atoms with Crippen LogP contribution in [0.2, 0.25) is 0 Å². The first-order valence-corrected chi connectivity index (χ1v) is 4.31. The number of rotatable bonds is 3. The quantitative estimate of drug-likeness (QED) is 0.741. The van der Waals surface area contributed by atoms with E-state index in [1.54, 1.807) is 0 Å². The van der Waals surface area contributed by atoms with E-state index in [2.05, 4.69) is 15.9 Å². The second-order valence-electron chi connectivity index (χ2n) is 2.28. The lowest BCUT2D eigenvalue weighted by Gasteiger charge is -1.99. The Morgan fingerprint density at radius 1 is 1.50 bits per heavy atom. The lowest BCUT2D eigenvalue weighted by atomic mass is 10.2. The van der Waals surface area contributed by atoms with Crippen LogP contribution in [0.1, 0.15) is 5.56 Å². The zero-order valence-electron chi connectivity index (χ0n) is 6.46. The summed E-state index contributed by atoms with van der Waals surface area (Å²) in [5.74, 6) is 0. The first kappa shape index (κ1) is 9.24. The summed E-state index contributed by atoms with van der Waals surface area (Å²) in [6.45, 7) is 0.638. The lowest BCUT2D eigenvalue weighted by molar-refractivity contribution is 0.152. The number of hydrogen-bond acceptors (Lipinski definition) is 2. The fourth-order valence-electron chi connectivity index (χ4n) is 0.841. The number of benzene rings is 1. The van der Waals surface area contributed by atoms with Gasteiger partial charge in [0, 0.05) is 4.47 Å². The van der Waals surface area contributed by atoms with Gasteiger partial charge >= 0.3 is 0 Å². The number of halogens is 1. The fraction of sp³-hybridized carbons (Fsp3) is 0.222. The van der Waals surface area contributed by atoms with Crippen LogP contribution in [0.25, 0.3) is 0 Å². The van der Waals surface area contributed by atoms with Crippen LogP contribution >= 0.6 is 15.9 Å². The molecule has 0 spiro atoms. The fourth-order valence-corrected chi connectivity index (χ4v) is 1.29. The van der Waals surface area contributed by atoms with E-state index in [-0.39, 0.29) is 6.61 Å². The highest BCUT2D eigenvalue weighted by Crippen LogP contribution is 2.11. The maximum absolute atomic E-state index is 8.21. The van der Waals surface area contributed by atoms with Gasteiger partial charge in [0.05, 0.1) is 12.7 Å². The Bertz CT molecular complexity index is 293. The van der Waals surface area contributed by atoms with Crippen molar-refractivity contribution >= 4 is 15.9 Å². The van der Waals surface area contributed by atoms with Gasteiger partial charge in [-0.15, -0.1) is 0 Å². The van der Waals surface area contributed by atoms with Crippen molar-refractivity contribution in [2.24, 2.45) is 0 Å². The molecule has 1 aromatic rings. The Hall–Kier alpha value is -0.850. The number of nitrogens with zero attached hydrogens (tertiary/aromatic N) is 1. The van der Waals surface area contributed by atoms with Gasteiger partial charge in [-0.25, -0.2) is 0 Å². The molecule has 0 fully saturated rings. The molecule has 0 saturated carbocycles. The largest absolute Gasteiger partial charge is 0.362 e. The first-order valence-electron chi connectivity index (χ1n) is 3.52. The Kier molecular flexibility index (Phi) is 3.78. The van der Waals surface area contributed by atoms with E-state index in [4.69, 9.17) is 10.00 Å². The van der Waals surface area contributed by atoms with Crippen molar-refractivity contribution in [2.75, 3.05) is 6.61 Å². The van der Waals surface area contributed by atoms with Gasteiger partial charge in [0.1, 0.15) is 6.61 Å². The molecule has 0 heterocycles. The van der Waals surface area contributed by atoms with Crippen LogP contribution in [0.4, 0.5) is 0 Å². The second kappa shape index (κ2) is 4.91. The summed E-state index contributed by atoms with van der Waals surface area (Å²) in [6, 6.07) is 9.74. The summed E-state index contributed by atoms with van der Waals surface area (Å²) >= 11 is 3.35. The Balaban J connectivity index is 2.48. The van der Waals surface area contributed by atoms with Crippen LogP contribution in [0.5, 0.6) is 0 Å². The van der Waals surface area contributed by atoms with E-state index < -0.39 is 0 Å². The molecule has 1 aromatic carbocycles. The third-order valence-corrected chi connectivity index (χ3v) is 1.82. The van der Waals surface area contributed by atoms with Gasteiger partial charge in [-0.2, -0.15) is 5.26 Å². The van der Waals surface area contributed by atoms with E-state index >= 15 is 0 Å². The molecule has 0 aliphatic rings. The monoisotopic (exact) mass is 225 g/mol. The minimum Gasteiger partial charge on any atom is -0.362 e. The summed E-state index contributed by atoms with van der Waals surface area (Å²) in [5.41, 5.74) is 1.07. The first-order chi connectivity index (χ1) is 5.83. The Labute approximate surface area is 79.9 Å². The predicted molar refractivity (Wildman–Crippen MR) is 49.4 cm³/mol. The molecule has 3 heteroatoms. The highest BCUT2D eigenvalue weighted by atomic mass is 79.9. The van der Waals surface area contributed by atoms with Crippen LogP contribution in [-0.4, -0.2) is 6.61 Å². The molecule has 0 unspecified atom stereocenters. The van der Waals surface area contributed by atoms with Crippen molar-refractivity contribution in [2.45, 2.75) is 6.61 Å². The smallest absolute Gasteiger partial charge is 0.134 e. The molecule has 0 N–H and O–H groups in total. The highest BCUT2D eigenvalue weighted by molar-refractivity contribution is 9.10. The summed E-state index contributed by atoms with van der Waals surface area (Å²) in [5, 5.41) is 8.21. The van der Waals surface area contributed by atoms with Crippen molar-refractivity contribution in [3.8, 4) is 6.07 Å². The molecule has 0 atom stereocenters. The molecule has 2 nitrogen and oxygen atoms in total. The number of hydrogen-bond donors (Lipinski definition) is 0. The molecule has 12 heavy (non-hydrogen) atoms. The van der Waals surface area contributed by atoms with Crippen molar-refractivity contribution in [1.82, 2.24) is 0 Å². The lowest BCUT2D eigenvalue weighted by Crippen LogP contribution is -1.92. The van der Waals surface area contributed by atoms with E-state index in [0.717, 1.165) is 10.0 Å². The van der Waals surface area contributed by atoms with E-state index in [1.165, 1.54) is 0 Å². The molecule has 62 valence electrons. The van der Waals surface area contributed by atoms with E-state index in [9.17, 15) is 0 Å². The van der Waals surface area contributed by atoms with Crippen LogP contribution in [0.3, 0.4) is 0 Å². The minimum atomic E-state index is 0.145. The topological polar surface area (TPSA) is 33.0 Å². The highest BCUT2D eigenvalue weighted by Gasteiger charge is 1.92. The molecule has 0 aliphatic carbocycles. The molecular weight excluding hydrogens is 218 g/mol. The third kappa shape index (κ3) is 3.04. The average molecular weight is 226 g/mol. The van der Waals surface area contributed by atoms with Gasteiger partial charge in [0.25, 0.3) is 0 Å². The molecular formula is C9H8BrNO. The molecule has 0 amide bonds. The van der Waals surface area contributed by atoms with Crippen molar-refractivity contribution < 1.29 is 4.74 Å². The Morgan fingerprint density at radius 2 is 2.33 bits per heavy atom. The van der Waals surface area contributed by atoms with Gasteiger partial charge in [-0.1, -0.05) is 28.1 Å². The maximum atomic E-state index is 8.21. The second-order valence-corrected chi connectivity index (χ2v) is 3.20. The predicted octanol–water partition coefficient (Wildman–Crippen LogP) is 2.49. The molecule has 0 aromatic heterocycles. The number of nitriles is 1. The molecule has 0 radical (unpaired) electrons. The molecule has 0 aliphatic heterocycles. The van der Waals surface area contributed by atoms with Crippen LogP contribution in [0, 0.1) is 11.3 Å². The summed E-state index contributed by atoms with van der Waals surface area (Å²) < 4.78 is 6.07. The molecule has 1 rings (SSSR count). The minimum absolute atomic E-state index is 0.145. The summed E-state index contributed by atoms with van der Waals surface area (Å²) in [7, 11) is 0. The van der Waals surface area contributed by atoms with Gasteiger partial charge in [-0.05, 0) is 17.7 Å². The van der Waals surface area contributed by atoms with Crippen LogP contribution in [0.15, 0.2) is 28.7 Å². The van der Waals surface area contributed by atoms with E-state index in [0.29, 0.717) is 6.61 Å². The van der Waals surface area contributed by atoms with Crippen molar-refractivity contribution in [3.05, 3.63) is 34.3 Å². The standard InChI is InChI=1S/C9H8BrNO/c10-9-3-1-2-8(6-9)7-12-5-4-11/h1-3,6H,5,7H2. The van der Waals surface area contributed by atoms with E-state index in [1.807, 2.05) is 30.3 Å². The molecule has 0 saturated heterocycles. The summed E-state index contributed by atoms with van der Waals surface area (Å²) in [4.78, 5) is 0. The van der Waals surface area contributed by atoms with Gasteiger partial charge in [-0.3, -0.25) is 0 Å².